The van der Waals surface area contributed by atoms with Crippen molar-refractivity contribution in [2.75, 3.05) is 26.6 Å². The highest BCUT2D eigenvalue weighted by atomic mass is 28.3. The van der Waals surface area contributed by atoms with Gasteiger partial charge in [-0.1, -0.05) is 57.5 Å². The molecule has 0 N–H and O–H groups in total. The molecule has 0 atom stereocenters. The van der Waals surface area contributed by atoms with E-state index in [0.717, 1.165) is 12.1 Å². The molecule has 10 heteroatoms. The Morgan fingerprint density at radius 3 is 2.28 bits per heavy atom. The Balaban J connectivity index is 1.99. The van der Waals surface area contributed by atoms with Crippen molar-refractivity contribution in [3.05, 3.63) is 58.6 Å². The van der Waals surface area contributed by atoms with Crippen molar-refractivity contribution in [2.24, 2.45) is 0 Å². The van der Waals surface area contributed by atoms with Gasteiger partial charge in [-0.15, -0.1) is 0 Å². The van der Waals surface area contributed by atoms with Crippen molar-refractivity contribution in [3.8, 4) is 16.9 Å². The van der Waals surface area contributed by atoms with E-state index in [1.54, 1.807) is 31.2 Å². The van der Waals surface area contributed by atoms with E-state index in [2.05, 4.69) is 44.3 Å². The maximum Gasteiger partial charge on any atom is 0.338 e. The summed E-state index contributed by atoms with van der Waals surface area (Å²) in [6, 6.07) is 12.7. The van der Waals surface area contributed by atoms with Crippen molar-refractivity contribution >= 4 is 33.0 Å². The lowest BCUT2D eigenvalue weighted by molar-refractivity contribution is 0.0228. The molecule has 0 aliphatic carbocycles. The number of hydrogen-bond acceptors (Lipinski definition) is 7. The fraction of sp³-hybridized carbons (Fsp3) is 0.483. The molecule has 1 heterocycles. The molecule has 3 aromatic rings. The van der Waals surface area contributed by atoms with Gasteiger partial charge in [-0.05, 0) is 48.3 Å². The molecule has 2 aromatic carbocycles. The van der Waals surface area contributed by atoms with Crippen LogP contribution in [0.15, 0.2) is 47.5 Å². The van der Waals surface area contributed by atoms with Crippen molar-refractivity contribution in [2.45, 2.75) is 65.0 Å². The van der Waals surface area contributed by atoms with E-state index in [1.807, 2.05) is 12.1 Å². The summed E-state index contributed by atoms with van der Waals surface area (Å²) in [5.41, 5.74) is 1.90. The fourth-order valence-electron chi connectivity index (χ4n) is 3.80. The number of benzene rings is 2. The number of nitrogens with zero attached hydrogens (tertiary/aromatic N) is 2. The van der Waals surface area contributed by atoms with Gasteiger partial charge in [-0.3, -0.25) is 9.36 Å². The molecule has 39 heavy (non-hydrogen) atoms. The second-order valence-corrected chi connectivity index (χ2v) is 23.2. The molecule has 0 bridgehead atoms. The summed E-state index contributed by atoms with van der Waals surface area (Å²) in [6.45, 7) is 17.1. The molecule has 8 nitrogen and oxygen atoms in total. The van der Waals surface area contributed by atoms with Crippen molar-refractivity contribution < 1.29 is 23.7 Å². The van der Waals surface area contributed by atoms with Crippen LogP contribution in [0.2, 0.25) is 51.4 Å². The van der Waals surface area contributed by atoms with Crippen LogP contribution in [0, 0.1) is 0 Å². The Hall–Kier alpha value is -2.80. The maximum absolute atomic E-state index is 13.5. The molecule has 1 aromatic heterocycles. The molecule has 0 saturated heterocycles. The molecule has 3 rings (SSSR count). The Kier molecular flexibility index (Phi) is 10.7. The van der Waals surface area contributed by atoms with Gasteiger partial charge in [0, 0.05) is 29.4 Å². The summed E-state index contributed by atoms with van der Waals surface area (Å²) in [4.78, 5) is 30.8. The Labute approximate surface area is 233 Å². The van der Waals surface area contributed by atoms with Crippen LogP contribution in [0.3, 0.4) is 0 Å². The number of ether oxygens (including phenoxy) is 4. The minimum atomic E-state index is -1.25. The molecule has 0 saturated carbocycles. The van der Waals surface area contributed by atoms with Crippen LogP contribution in [0.4, 0.5) is 0 Å². The molecule has 0 aliphatic heterocycles. The SMILES string of the molecule is CCOC(=O)c1ccccc1-c1cc(OCOCC[Si](C)(C)C)c2ncn(COCC[Si](C)(C)C)c(=O)c2c1. The van der Waals surface area contributed by atoms with Crippen molar-refractivity contribution in [1.29, 1.82) is 0 Å². The third kappa shape index (κ3) is 9.13. The van der Waals surface area contributed by atoms with Crippen LogP contribution in [0.25, 0.3) is 22.0 Å². The molecular weight excluding hydrogens is 528 g/mol. The second-order valence-electron chi connectivity index (χ2n) is 12.0. The van der Waals surface area contributed by atoms with Gasteiger partial charge in [0.15, 0.2) is 6.79 Å². The van der Waals surface area contributed by atoms with E-state index >= 15 is 0 Å². The summed E-state index contributed by atoms with van der Waals surface area (Å²) >= 11 is 0. The first-order valence-corrected chi connectivity index (χ1v) is 20.9. The van der Waals surface area contributed by atoms with Gasteiger partial charge in [-0.2, -0.15) is 0 Å². The van der Waals surface area contributed by atoms with Crippen LogP contribution in [-0.2, 0) is 20.9 Å². The van der Waals surface area contributed by atoms with Crippen LogP contribution >= 0.6 is 0 Å². The number of esters is 1. The van der Waals surface area contributed by atoms with Gasteiger partial charge >= 0.3 is 5.97 Å². The monoisotopic (exact) mass is 570 g/mol. The number of aromatic nitrogens is 2. The third-order valence-electron chi connectivity index (χ3n) is 6.15. The summed E-state index contributed by atoms with van der Waals surface area (Å²) in [5.74, 6) is -0.0113. The van der Waals surface area contributed by atoms with Gasteiger partial charge < -0.3 is 18.9 Å². The molecule has 0 spiro atoms. The highest BCUT2D eigenvalue weighted by Crippen LogP contribution is 2.32. The van der Waals surface area contributed by atoms with Crippen molar-refractivity contribution in [1.82, 2.24) is 9.55 Å². The zero-order chi connectivity index (χ0) is 28.6. The number of carbonyl (C=O) groups excluding carboxylic acids is 1. The van der Waals surface area contributed by atoms with Crippen LogP contribution in [0.5, 0.6) is 5.75 Å². The minimum absolute atomic E-state index is 0.0348. The zero-order valence-electron chi connectivity index (χ0n) is 24.3. The lowest BCUT2D eigenvalue weighted by atomic mass is 9.98. The molecule has 0 fully saturated rings. The van der Waals surface area contributed by atoms with E-state index < -0.39 is 22.1 Å². The smallest absolute Gasteiger partial charge is 0.338 e. The molecule has 0 radical (unpaired) electrons. The normalized spacial score (nSPS) is 12.1. The average molecular weight is 571 g/mol. The quantitative estimate of drug-likeness (QED) is 0.0980. The first-order valence-electron chi connectivity index (χ1n) is 13.5. The summed E-state index contributed by atoms with van der Waals surface area (Å²) in [7, 11) is -2.48. The highest BCUT2D eigenvalue weighted by Gasteiger charge is 2.19. The lowest BCUT2D eigenvalue weighted by Crippen LogP contribution is -2.25. The van der Waals surface area contributed by atoms with Gasteiger partial charge in [0.1, 0.15) is 24.3 Å². The second kappa shape index (κ2) is 13.5. The van der Waals surface area contributed by atoms with Crippen molar-refractivity contribution in [3.63, 3.8) is 0 Å². The molecule has 0 amide bonds. The number of fused-ring (bicyclic) bond motifs is 1. The third-order valence-corrected chi connectivity index (χ3v) is 9.56. The van der Waals surface area contributed by atoms with E-state index in [1.165, 1.54) is 10.9 Å². The number of hydrogen-bond donors (Lipinski definition) is 0. The van der Waals surface area contributed by atoms with Gasteiger partial charge in [-0.25, -0.2) is 9.78 Å². The molecular formula is C29H42N2O6Si2. The van der Waals surface area contributed by atoms with E-state index in [4.69, 9.17) is 18.9 Å². The van der Waals surface area contributed by atoms with Crippen LogP contribution in [-0.4, -0.2) is 58.3 Å². The number of carbonyl (C=O) groups is 1. The Morgan fingerprint density at radius 1 is 0.949 bits per heavy atom. The topological polar surface area (TPSA) is 88.9 Å². The van der Waals surface area contributed by atoms with Gasteiger partial charge in [0.2, 0.25) is 0 Å². The predicted octanol–water partition coefficient (Wildman–Crippen LogP) is 6.24. The first kappa shape index (κ1) is 30.7. The minimum Gasteiger partial charge on any atom is -0.465 e. The Morgan fingerprint density at radius 2 is 1.62 bits per heavy atom. The lowest BCUT2D eigenvalue weighted by Gasteiger charge is -2.17. The summed E-state index contributed by atoms with van der Waals surface area (Å²) < 4.78 is 24.3. The first-order chi connectivity index (χ1) is 18.4. The zero-order valence-corrected chi connectivity index (χ0v) is 26.3. The van der Waals surface area contributed by atoms with Crippen LogP contribution < -0.4 is 10.3 Å². The fourth-order valence-corrected chi connectivity index (χ4v) is 5.31. The maximum atomic E-state index is 13.5. The predicted molar refractivity (Wildman–Crippen MR) is 161 cm³/mol. The molecule has 212 valence electrons. The van der Waals surface area contributed by atoms with E-state index in [-0.39, 0.29) is 25.7 Å². The van der Waals surface area contributed by atoms with E-state index in [0.29, 0.717) is 46.6 Å². The van der Waals surface area contributed by atoms with Gasteiger partial charge in [0.05, 0.1) is 17.6 Å². The average Bonchev–Trinajstić information content (AvgIpc) is 2.86. The van der Waals surface area contributed by atoms with Crippen LogP contribution in [0.1, 0.15) is 17.3 Å². The van der Waals surface area contributed by atoms with E-state index in [9.17, 15) is 9.59 Å². The number of rotatable bonds is 14. The standard InChI is InChI=1S/C29H42N2O6Si2/c1-8-36-29(33)24-12-10-9-11-23(24)22-17-25-27(26(18-22)37-21-35-14-16-39(5,6)7)30-19-31(28(25)32)20-34-13-15-38(2,3)4/h9-12,17-19H,8,13-16,20-21H2,1-7H3. The molecule has 0 aliphatic rings. The Bertz CT molecular complexity index is 1330. The summed E-state index contributed by atoms with van der Waals surface area (Å²) in [6.07, 6.45) is 1.49. The highest BCUT2D eigenvalue weighted by molar-refractivity contribution is 6.76. The molecule has 0 unspecified atom stereocenters. The summed E-state index contributed by atoms with van der Waals surface area (Å²) in [5, 5.41) is 0.375. The largest absolute Gasteiger partial charge is 0.465 e. The van der Waals surface area contributed by atoms with Gasteiger partial charge in [0.25, 0.3) is 5.56 Å².